The molecule has 0 atom stereocenters. The summed E-state index contributed by atoms with van der Waals surface area (Å²) in [5.74, 6) is 1.25. The summed E-state index contributed by atoms with van der Waals surface area (Å²) in [6, 6.07) is 7.00. The van der Waals surface area contributed by atoms with Crippen LogP contribution in [0.1, 0.15) is 25.0 Å². The Balaban J connectivity index is 1.70. The van der Waals surface area contributed by atoms with Crippen molar-refractivity contribution in [3.63, 3.8) is 0 Å². The minimum Gasteiger partial charge on any atom is -0.491 e. The molecule has 1 aromatic carbocycles. The number of hydrogen-bond acceptors (Lipinski definition) is 4. The van der Waals surface area contributed by atoms with Gasteiger partial charge in [0.25, 0.3) is 0 Å². The van der Waals surface area contributed by atoms with Gasteiger partial charge in [-0.25, -0.2) is 0 Å². The molecule has 0 bridgehead atoms. The zero-order chi connectivity index (χ0) is 20.0. The first-order valence-electron chi connectivity index (χ1n) is 8.50. The van der Waals surface area contributed by atoms with Gasteiger partial charge < -0.3 is 13.6 Å². The van der Waals surface area contributed by atoms with Crippen LogP contribution in [0.4, 0.5) is 5.88 Å². The van der Waals surface area contributed by atoms with E-state index >= 15 is 0 Å². The summed E-state index contributed by atoms with van der Waals surface area (Å²) in [6.07, 6.45) is 3.05. The van der Waals surface area contributed by atoms with Crippen LogP contribution in [-0.2, 0) is 6.54 Å². The number of nitro groups is 1. The van der Waals surface area contributed by atoms with Gasteiger partial charge in [0, 0.05) is 4.47 Å². The van der Waals surface area contributed by atoms with Gasteiger partial charge in [-0.05, 0) is 69.3 Å². The second-order valence-electron chi connectivity index (χ2n) is 6.92. The molecular formula is C18H22Br3N2O4+. The van der Waals surface area contributed by atoms with E-state index < -0.39 is 4.92 Å². The molecule has 0 aliphatic heterocycles. The van der Waals surface area contributed by atoms with Crippen LogP contribution < -0.4 is 4.74 Å². The second-order valence-corrected chi connectivity index (χ2v) is 9.55. The van der Waals surface area contributed by atoms with Crippen LogP contribution in [0.15, 0.2) is 42.1 Å². The number of furan rings is 1. The van der Waals surface area contributed by atoms with Crippen LogP contribution in [-0.4, -0.2) is 36.7 Å². The molecule has 148 valence electrons. The standard InChI is InChI=1S/C18H22Br3N2O4/c1-23(2,12-14-6-7-17(27-14)22(24)25)8-4-3-5-9-26-18-15(20)10-13(19)11-16(18)21/h6-7,10-11H,3-5,8-9,12H2,1-2H3/q+1. The van der Waals surface area contributed by atoms with Gasteiger partial charge in [-0.15, -0.1) is 0 Å². The van der Waals surface area contributed by atoms with Gasteiger partial charge in [0.2, 0.25) is 0 Å². The molecule has 1 heterocycles. The van der Waals surface area contributed by atoms with Crippen molar-refractivity contribution in [3.8, 4) is 5.75 Å². The number of nitrogens with zero attached hydrogens (tertiary/aromatic N) is 2. The molecule has 0 aliphatic rings. The molecule has 1 aromatic heterocycles. The van der Waals surface area contributed by atoms with Gasteiger partial charge in [-0.1, -0.05) is 15.9 Å². The monoisotopic (exact) mass is 567 g/mol. The second kappa shape index (κ2) is 10.0. The van der Waals surface area contributed by atoms with Crippen LogP contribution in [0, 0.1) is 10.1 Å². The number of hydrogen-bond donors (Lipinski definition) is 0. The van der Waals surface area contributed by atoms with Crippen molar-refractivity contribution in [2.24, 2.45) is 0 Å². The fourth-order valence-corrected chi connectivity index (χ4v) is 5.20. The first-order chi connectivity index (χ1) is 12.7. The number of halogens is 3. The summed E-state index contributed by atoms with van der Waals surface area (Å²) >= 11 is 10.5. The fourth-order valence-electron chi connectivity index (χ4n) is 2.71. The van der Waals surface area contributed by atoms with Crippen LogP contribution in [0.3, 0.4) is 0 Å². The maximum Gasteiger partial charge on any atom is 0.433 e. The molecule has 0 N–H and O–H groups in total. The van der Waals surface area contributed by atoms with Gasteiger partial charge in [0.1, 0.15) is 17.2 Å². The van der Waals surface area contributed by atoms with Gasteiger partial charge in [0.15, 0.2) is 5.76 Å². The zero-order valence-corrected chi connectivity index (χ0v) is 20.0. The minimum atomic E-state index is -0.508. The third-order valence-electron chi connectivity index (χ3n) is 4.03. The number of rotatable bonds is 10. The SMILES string of the molecule is C[N+](C)(CCCCCOc1c(Br)cc(Br)cc1Br)Cc1ccc([N+](=O)[O-])o1. The predicted molar refractivity (Wildman–Crippen MR) is 115 cm³/mol. The summed E-state index contributed by atoms with van der Waals surface area (Å²) in [5, 5.41) is 10.7. The molecule has 0 amide bonds. The molecule has 2 aromatic rings. The Morgan fingerprint density at radius 2 is 1.78 bits per heavy atom. The minimum absolute atomic E-state index is 0.201. The fraction of sp³-hybridized carbons (Fsp3) is 0.444. The Morgan fingerprint density at radius 1 is 1.11 bits per heavy atom. The van der Waals surface area contributed by atoms with Gasteiger partial charge >= 0.3 is 5.88 Å². The van der Waals surface area contributed by atoms with E-state index in [0.29, 0.717) is 18.9 Å². The van der Waals surface area contributed by atoms with E-state index in [2.05, 4.69) is 61.9 Å². The van der Waals surface area contributed by atoms with E-state index in [0.717, 1.165) is 49.5 Å². The van der Waals surface area contributed by atoms with Crippen LogP contribution >= 0.6 is 47.8 Å². The maximum absolute atomic E-state index is 10.7. The lowest BCUT2D eigenvalue weighted by Gasteiger charge is -2.28. The van der Waals surface area contributed by atoms with Crippen molar-refractivity contribution in [1.29, 1.82) is 0 Å². The molecule has 0 unspecified atom stereocenters. The average Bonchev–Trinajstić information content (AvgIpc) is 3.00. The van der Waals surface area contributed by atoms with Crippen molar-refractivity contribution in [2.45, 2.75) is 25.8 Å². The van der Waals surface area contributed by atoms with Crippen molar-refractivity contribution in [1.82, 2.24) is 0 Å². The lowest BCUT2D eigenvalue weighted by molar-refractivity contribution is -0.904. The smallest absolute Gasteiger partial charge is 0.433 e. The summed E-state index contributed by atoms with van der Waals surface area (Å²) in [6.45, 7) is 2.24. The third-order valence-corrected chi connectivity index (χ3v) is 5.66. The largest absolute Gasteiger partial charge is 0.491 e. The molecule has 9 heteroatoms. The average molecular weight is 570 g/mol. The number of ether oxygens (including phenoxy) is 1. The molecule has 0 aliphatic carbocycles. The Morgan fingerprint density at radius 3 is 2.37 bits per heavy atom. The number of unbranched alkanes of at least 4 members (excludes halogenated alkanes) is 2. The molecule has 0 saturated heterocycles. The number of quaternary nitrogens is 1. The van der Waals surface area contributed by atoms with Gasteiger partial charge in [-0.3, -0.25) is 10.1 Å². The molecule has 0 spiro atoms. The van der Waals surface area contributed by atoms with Crippen molar-refractivity contribution >= 4 is 53.7 Å². The molecule has 0 radical (unpaired) electrons. The Bertz CT molecular complexity index is 770. The molecule has 2 rings (SSSR count). The lowest BCUT2D eigenvalue weighted by atomic mass is 10.2. The summed E-state index contributed by atoms with van der Waals surface area (Å²) in [4.78, 5) is 10.2. The summed E-state index contributed by atoms with van der Waals surface area (Å²) in [5.41, 5.74) is 0. The highest BCUT2D eigenvalue weighted by Gasteiger charge is 2.20. The van der Waals surface area contributed by atoms with Gasteiger partial charge in [-0.2, -0.15) is 0 Å². The highest BCUT2D eigenvalue weighted by Crippen LogP contribution is 2.36. The quantitative estimate of drug-likeness (QED) is 0.146. The highest BCUT2D eigenvalue weighted by molar-refractivity contribution is 9.11. The summed E-state index contributed by atoms with van der Waals surface area (Å²) in [7, 11) is 4.20. The van der Waals surface area contributed by atoms with E-state index in [1.54, 1.807) is 6.07 Å². The van der Waals surface area contributed by atoms with E-state index in [1.807, 2.05) is 12.1 Å². The first kappa shape index (κ1) is 22.4. The van der Waals surface area contributed by atoms with E-state index in [4.69, 9.17) is 9.15 Å². The van der Waals surface area contributed by atoms with E-state index in [-0.39, 0.29) is 5.88 Å². The van der Waals surface area contributed by atoms with Crippen molar-refractivity contribution < 1.29 is 18.6 Å². The van der Waals surface area contributed by atoms with Gasteiger partial charge in [0.05, 0.1) is 42.3 Å². The van der Waals surface area contributed by atoms with Crippen LogP contribution in [0.2, 0.25) is 0 Å². The summed E-state index contributed by atoms with van der Waals surface area (Å²) < 4.78 is 14.7. The van der Waals surface area contributed by atoms with Crippen molar-refractivity contribution in [2.75, 3.05) is 27.2 Å². The molecule has 0 fully saturated rings. The van der Waals surface area contributed by atoms with Crippen LogP contribution in [0.25, 0.3) is 0 Å². The van der Waals surface area contributed by atoms with Crippen LogP contribution in [0.5, 0.6) is 5.75 Å². The normalized spacial score (nSPS) is 11.6. The maximum atomic E-state index is 10.7. The Labute approximate surface area is 184 Å². The zero-order valence-electron chi connectivity index (χ0n) is 15.2. The molecule has 6 nitrogen and oxygen atoms in total. The van der Waals surface area contributed by atoms with E-state index in [9.17, 15) is 10.1 Å². The number of benzene rings is 1. The van der Waals surface area contributed by atoms with Crippen molar-refractivity contribution in [3.05, 3.63) is 53.6 Å². The molecular weight excluding hydrogens is 548 g/mol. The first-order valence-corrected chi connectivity index (χ1v) is 10.9. The lowest BCUT2D eigenvalue weighted by Crippen LogP contribution is -2.39. The Hall–Kier alpha value is -0.900. The Kier molecular flexibility index (Phi) is 8.33. The molecule has 0 saturated carbocycles. The predicted octanol–water partition coefficient (Wildman–Crippen LogP) is 6.30. The highest BCUT2D eigenvalue weighted by atomic mass is 79.9. The third kappa shape index (κ3) is 7.21. The van der Waals surface area contributed by atoms with E-state index in [1.165, 1.54) is 6.07 Å². The topological polar surface area (TPSA) is 65.5 Å². The molecule has 27 heavy (non-hydrogen) atoms.